The fraction of sp³-hybridized carbons (Fsp3) is 0.312. The molecule has 122 valence electrons. The van der Waals surface area contributed by atoms with E-state index in [0.717, 1.165) is 5.56 Å². The third-order valence-corrected chi connectivity index (χ3v) is 5.16. The van der Waals surface area contributed by atoms with Gasteiger partial charge in [0.2, 0.25) is 15.0 Å². The summed E-state index contributed by atoms with van der Waals surface area (Å²) in [5.41, 5.74) is 0.921. The van der Waals surface area contributed by atoms with Gasteiger partial charge < -0.3 is 9.32 Å². The fourth-order valence-corrected chi connectivity index (χ4v) is 4.35. The van der Waals surface area contributed by atoms with E-state index in [2.05, 4.69) is 0 Å². The van der Waals surface area contributed by atoms with E-state index in [9.17, 15) is 13.2 Å². The number of likely N-dealkylation sites (tertiary alicyclic amines) is 1. The van der Waals surface area contributed by atoms with Gasteiger partial charge in [-0.1, -0.05) is 30.3 Å². The number of hydrogen-bond donors (Lipinski definition) is 0. The number of benzene rings is 1. The van der Waals surface area contributed by atoms with Gasteiger partial charge in [0, 0.05) is 29.6 Å². The van der Waals surface area contributed by atoms with Crippen LogP contribution in [0, 0.1) is 5.92 Å². The molecular formula is C16H16ClNO4S. The van der Waals surface area contributed by atoms with Crippen LogP contribution >= 0.6 is 10.7 Å². The van der Waals surface area contributed by atoms with Crippen molar-refractivity contribution in [2.75, 3.05) is 12.3 Å². The minimum absolute atomic E-state index is 0.0967. The van der Waals surface area contributed by atoms with E-state index in [1.165, 1.54) is 0 Å². The van der Waals surface area contributed by atoms with Crippen LogP contribution in [-0.4, -0.2) is 31.5 Å². The van der Waals surface area contributed by atoms with Gasteiger partial charge in [-0.15, -0.1) is 0 Å². The molecule has 2 heterocycles. The lowest BCUT2D eigenvalue weighted by atomic mass is 10.0. The smallest absolute Gasteiger partial charge is 0.232 e. The van der Waals surface area contributed by atoms with Gasteiger partial charge in [-0.05, 0) is 17.7 Å². The minimum Gasteiger partial charge on any atom is -0.467 e. The van der Waals surface area contributed by atoms with Crippen molar-refractivity contribution in [3.63, 3.8) is 0 Å². The molecule has 0 spiro atoms. The summed E-state index contributed by atoms with van der Waals surface area (Å²) < 4.78 is 28.1. The maximum Gasteiger partial charge on any atom is 0.232 e. The first-order valence-corrected chi connectivity index (χ1v) is 9.72. The van der Waals surface area contributed by atoms with Gasteiger partial charge in [0.25, 0.3) is 0 Å². The number of nitrogens with zero attached hydrogens (tertiary/aromatic N) is 1. The summed E-state index contributed by atoms with van der Waals surface area (Å²) in [6.45, 7) is 0.338. The van der Waals surface area contributed by atoms with E-state index < -0.39 is 9.05 Å². The van der Waals surface area contributed by atoms with Crippen LogP contribution in [-0.2, 0) is 13.8 Å². The highest BCUT2D eigenvalue weighted by molar-refractivity contribution is 8.13. The molecule has 0 N–H and O–H groups in total. The van der Waals surface area contributed by atoms with Crippen LogP contribution in [0.2, 0.25) is 0 Å². The molecule has 1 aromatic heterocycles. The summed E-state index contributed by atoms with van der Waals surface area (Å²) in [5.74, 6) is 0.0573. The Morgan fingerprint density at radius 2 is 1.96 bits per heavy atom. The third kappa shape index (κ3) is 3.76. The van der Waals surface area contributed by atoms with Gasteiger partial charge >= 0.3 is 0 Å². The van der Waals surface area contributed by atoms with Crippen molar-refractivity contribution >= 4 is 25.6 Å². The maximum atomic E-state index is 12.4. The maximum absolute atomic E-state index is 12.4. The van der Waals surface area contributed by atoms with Crippen LogP contribution in [0.5, 0.6) is 0 Å². The Hall–Kier alpha value is -1.79. The SMILES string of the molecule is O=C1CC(CS(=O)(=O)Cl)CN1C(c1ccccc1)c1ccco1. The topological polar surface area (TPSA) is 67.6 Å². The number of hydrogen-bond acceptors (Lipinski definition) is 4. The zero-order chi connectivity index (χ0) is 16.4. The summed E-state index contributed by atoms with van der Waals surface area (Å²) >= 11 is 0. The molecule has 1 aromatic carbocycles. The molecule has 0 radical (unpaired) electrons. The van der Waals surface area contributed by atoms with Crippen molar-refractivity contribution in [2.24, 2.45) is 5.92 Å². The average molecular weight is 354 g/mol. The number of carbonyl (C=O) groups excluding carboxylic acids is 1. The molecule has 1 fully saturated rings. The quantitative estimate of drug-likeness (QED) is 0.775. The number of carbonyl (C=O) groups is 1. The molecule has 2 aromatic rings. The summed E-state index contributed by atoms with van der Waals surface area (Å²) in [6.07, 6.45) is 1.74. The second-order valence-electron chi connectivity index (χ2n) is 5.65. The molecule has 1 saturated heterocycles. The minimum atomic E-state index is -3.63. The molecule has 3 rings (SSSR count). The van der Waals surface area contributed by atoms with Gasteiger partial charge in [0.15, 0.2) is 0 Å². The molecule has 0 saturated carbocycles. The Balaban J connectivity index is 1.90. The van der Waals surface area contributed by atoms with Crippen molar-refractivity contribution in [3.8, 4) is 0 Å². The number of rotatable bonds is 5. The third-order valence-electron chi connectivity index (χ3n) is 3.91. The molecule has 1 aliphatic heterocycles. The molecule has 1 aliphatic rings. The van der Waals surface area contributed by atoms with E-state index in [4.69, 9.17) is 15.1 Å². The van der Waals surface area contributed by atoms with Gasteiger partial charge in [0.05, 0.1) is 12.0 Å². The second-order valence-corrected chi connectivity index (χ2v) is 8.47. The monoisotopic (exact) mass is 353 g/mol. The van der Waals surface area contributed by atoms with Crippen molar-refractivity contribution in [1.82, 2.24) is 4.90 Å². The predicted molar refractivity (Wildman–Crippen MR) is 86.5 cm³/mol. The molecule has 7 heteroatoms. The van der Waals surface area contributed by atoms with E-state index in [1.807, 2.05) is 36.4 Å². The van der Waals surface area contributed by atoms with Crippen LogP contribution < -0.4 is 0 Å². The first kappa shape index (κ1) is 16.1. The Morgan fingerprint density at radius 3 is 2.57 bits per heavy atom. The summed E-state index contributed by atoms with van der Waals surface area (Å²) in [6, 6.07) is 12.8. The van der Waals surface area contributed by atoms with Crippen LogP contribution in [0.1, 0.15) is 23.8 Å². The number of halogens is 1. The molecule has 0 bridgehead atoms. The fourth-order valence-electron chi connectivity index (χ4n) is 3.03. The van der Waals surface area contributed by atoms with E-state index in [0.29, 0.717) is 12.3 Å². The lowest BCUT2D eigenvalue weighted by molar-refractivity contribution is -0.129. The lowest BCUT2D eigenvalue weighted by Gasteiger charge is -2.27. The molecule has 1 amide bonds. The standard InChI is InChI=1S/C16H16ClNO4S/c17-23(20,21)11-12-9-15(19)18(10-12)16(14-7-4-8-22-14)13-5-2-1-3-6-13/h1-8,12,16H,9-11H2. The normalized spacial score (nSPS) is 20.0. The molecule has 0 aliphatic carbocycles. The zero-order valence-corrected chi connectivity index (χ0v) is 13.8. The van der Waals surface area contributed by atoms with Gasteiger partial charge in [-0.3, -0.25) is 4.79 Å². The molecule has 2 atom stereocenters. The lowest BCUT2D eigenvalue weighted by Crippen LogP contribution is -2.31. The zero-order valence-electron chi connectivity index (χ0n) is 12.3. The van der Waals surface area contributed by atoms with Gasteiger partial charge in [-0.25, -0.2) is 8.42 Å². The Labute approximate surface area is 139 Å². The summed E-state index contributed by atoms with van der Waals surface area (Å²) in [4.78, 5) is 14.1. The molecular weight excluding hydrogens is 338 g/mol. The highest BCUT2D eigenvalue weighted by atomic mass is 35.7. The Bertz CT molecular complexity index is 774. The number of amides is 1. The predicted octanol–water partition coefficient (Wildman–Crippen LogP) is 2.79. The van der Waals surface area contributed by atoms with Crippen molar-refractivity contribution < 1.29 is 17.6 Å². The van der Waals surface area contributed by atoms with Crippen LogP contribution in [0.4, 0.5) is 0 Å². The van der Waals surface area contributed by atoms with Crippen molar-refractivity contribution in [3.05, 3.63) is 60.1 Å². The Morgan fingerprint density at radius 1 is 1.22 bits per heavy atom. The summed E-state index contributed by atoms with van der Waals surface area (Å²) in [5, 5.41) is 0. The van der Waals surface area contributed by atoms with Crippen LogP contribution in [0.3, 0.4) is 0 Å². The largest absolute Gasteiger partial charge is 0.467 e. The highest BCUT2D eigenvalue weighted by Gasteiger charge is 2.38. The van der Waals surface area contributed by atoms with Crippen LogP contribution in [0.25, 0.3) is 0 Å². The Kier molecular flexibility index (Phi) is 4.46. The average Bonchev–Trinajstić information content (AvgIpc) is 3.10. The highest BCUT2D eigenvalue weighted by Crippen LogP contribution is 2.34. The molecule has 23 heavy (non-hydrogen) atoms. The molecule has 5 nitrogen and oxygen atoms in total. The first-order chi connectivity index (χ1) is 10.9. The molecule has 2 unspecified atom stereocenters. The first-order valence-electron chi connectivity index (χ1n) is 7.24. The van der Waals surface area contributed by atoms with Crippen LogP contribution in [0.15, 0.2) is 53.1 Å². The number of furan rings is 1. The van der Waals surface area contributed by atoms with Crippen molar-refractivity contribution in [1.29, 1.82) is 0 Å². The van der Waals surface area contributed by atoms with Crippen molar-refractivity contribution in [2.45, 2.75) is 12.5 Å². The van der Waals surface area contributed by atoms with E-state index in [1.54, 1.807) is 17.2 Å². The van der Waals surface area contributed by atoms with E-state index >= 15 is 0 Å². The van der Waals surface area contributed by atoms with Gasteiger partial charge in [0.1, 0.15) is 11.8 Å². The second kappa shape index (κ2) is 6.37. The summed E-state index contributed by atoms with van der Waals surface area (Å²) in [7, 11) is 1.70. The van der Waals surface area contributed by atoms with Gasteiger partial charge in [-0.2, -0.15) is 0 Å². The van der Waals surface area contributed by atoms with E-state index in [-0.39, 0.29) is 30.0 Å².